The minimum atomic E-state index is 0.155. The van der Waals surface area contributed by atoms with Crippen LogP contribution in [0.15, 0.2) is 12.1 Å². The van der Waals surface area contributed by atoms with E-state index in [4.69, 9.17) is 23.2 Å². The van der Waals surface area contributed by atoms with Gasteiger partial charge in [-0.25, -0.2) is 0 Å². The zero-order chi connectivity index (χ0) is 15.2. The predicted octanol–water partition coefficient (Wildman–Crippen LogP) is 4.05. The Balaban J connectivity index is 2.06. The Morgan fingerprint density at radius 1 is 1.38 bits per heavy atom. The average Bonchev–Trinajstić information content (AvgIpc) is 2.94. The van der Waals surface area contributed by atoms with Crippen LogP contribution in [-0.2, 0) is 6.54 Å². The lowest BCUT2D eigenvalue weighted by atomic mass is 10.1. The molecule has 3 nitrogen and oxygen atoms in total. The molecular formula is C16H24Cl2N2O. The molecule has 1 unspecified atom stereocenters. The largest absolute Gasteiger partial charge is 0.506 e. The number of hydrogen-bond donors (Lipinski definition) is 2. The highest BCUT2D eigenvalue weighted by molar-refractivity contribution is 6.35. The lowest BCUT2D eigenvalue weighted by molar-refractivity contribution is 0.235. The van der Waals surface area contributed by atoms with Crippen molar-refractivity contribution < 1.29 is 5.11 Å². The molecule has 118 valence electrons. The lowest BCUT2D eigenvalue weighted by Crippen LogP contribution is -2.37. The molecule has 1 aromatic carbocycles. The third-order valence-electron chi connectivity index (χ3n) is 3.97. The lowest BCUT2D eigenvalue weighted by Gasteiger charge is -2.26. The van der Waals surface area contributed by atoms with E-state index in [1.807, 2.05) is 6.07 Å². The van der Waals surface area contributed by atoms with Crippen molar-refractivity contribution in [2.75, 3.05) is 19.6 Å². The van der Waals surface area contributed by atoms with Crippen molar-refractivity contribution in [2.24, 2.45) is 0 Å². The molecule has 1 heterocycles. The first-order chi connectivity index (χ1) is 10.1. The standard InChI is InChI=1S/C16H24Cl2N2O/c1-2-3-7-20(11-14-5-4-6-19-14)10-12-8-13(17)9-15(18)16(12)21/h8-9,14,19,21H,2-7,10-11H2,1H3. The number of aromatic hydroxyl groups is 1. The van der Waals surface area contributed by atoms with Crippen molar-refractivity contribution in [3.63, 3.8) is 0 Å². The molecule has 1 aliphatic heterocycles. The maximum absolute atomic E-state index is 10.1. The van der Waals surface area contributed by atoms with Gasteiger partial charge >= 0.3 is 0 Å². The minimum Gasteiger partial charge on any atom is -0.506 e. The maximum Gasteiger partial charge on any atom is 0.138 e. The molecule has 0 radical (unpaired) electrons. The molecule has 0 aliphatic carbocycles. The van der Waals surface area contributed by atoms with Crippen LogP contribution in [0.1, 0.15) is 38.2 Å². The summed E-state index contributed by atoms with van der Waals surface area (Å²) in [4.78, 5) is 2.38. The number of rotatable bonds is 7. The number of phenolic OH excluding ortho intramolecular Hbond substituents is 1. The van der Waals surface area contributed by atoms with Crippen molar-refractivity contribution in [2.45, 2.75) is 45.2 Å². The van der Waals surface area contributed by atoms with Gasteiger partial charge in [0.05, 0.1) is 5.02 Å². The zero-order valence-electron chi connectivity index (χ0n) is 12.5. The first-order valence-electron chi connectivity index (χ1n) is 7.72. The van der Waals surface area contributed by atoms with E-state index in [1.54, 1.807) is 6.07 Å². The van der Waals surface area contributed by atoms with Gasteiger partial charge in [0.15, 0.2) is 0 Å². The quantitative estimate of drug-likeness (QED) is 0.791. The third-order valence-corrected chi connectivity index (χ3v) is 4.48. The van der Waals surface area contributed by atoms with Crippen LogP contribution in [0.25, 0.3) is 0 Å². The summed E-state index contributed by atoms with van der Waals surface area (Å²) in [6.07, 6.45) is 4.80. The summed E-state index contributed by atoms with van der Waals surface area (Å²) < 4.78 is 0. The second-order valence-corrected chi connectivity index (χ2v) is 6.62. The maximum atomic E-state index is 10.1. The van der Waals surface area contributed by atoms with E-state index in [2.05, 4.69) is 17.1 Å². The summed E-state index contributed by atoms with van der Waals surface area (Å²) in [5.74, 6) is 0.155. The molecule has 21 heavy (non-hydrogen) atoms. The van der Waals surface area contributed by atoms with Crippen LogP contribution in [0.2, 0.25) is 10.0 Å². The summed E-state index contributed by atoms with van der Waals surface area (Å²) in [5, 5.41) is 14.6. The van der Waals surface area contributed by atoms with E-state index in [9.17, 15) is 5.11 Å². The van der Waals surface area contributed by atoms with Gasteiger partial charge in [0.2, 0.25) is 0 Å². The SMILES string of the molecule is CCCCN(Cc1cc(Cl)cc(Cl)c1O)CC1CCCN1. The van der Waals surface area contributed by atoms with Crippen LogP contribution in [0.5, 0.6) is 5.75 Å². The first-order valence-corrected chi connectivity index (χ1v) is 8.48. The van der Waals surface area contributed by atoms with Gasteiger partial charge < -0.3 is 10.4 Å². The van der Waals surface area contributed by atoms with Gasteiger partial charge in [-0.05, 0) is 44.5 Å². The van der Waals surface area contributed by atoms with E-state index >= 15 is 0 Å². The van der Waals surface area contributed by atoms with Gasteiger partial charge in [0.25, 0.3) is 0 Å². The summed E-state index contributed by atoms with van der Waals surface area (Å²) in [7, 11) is 0. The van der Waals surface area contributed by atoms with Gasteiger partial charge in [-0.15, -0.1) is 0 Å². The molecule has 5 heteroatoms. The molecule has 1 aliphatic rings. The van der Waals surface area contributed by atoms with Crippen LogP contribution in [0.4, 0.5) is 0 Å². The normalized spacial score (nSPS) is 18.6. The predicted molar refractivity (Wildman–Crippen MR) is 89.3 cm³/mol. The number of nitrogens with zero attached hydrogens (tertiary/aromatic N) is 1. The monoisotopic (exact) mass is 330 g/mol. The van der Waals surface area contributed by atoms with Gasteiger partial charge in [-0.1, -0.05) is 36.5 Å². The van der Waals surface area contributed by atoms with Crippen LogP contribution in [0, 0.1) is 0 Å². The minimum absolute atomic E-state index is 0.155. The molecule has 0 spiro atoms. The zero-order valence-corrected chi connectivity index (χ0v) is 14.1. The average molecular weight is 331 g/mol. The molecule has 1 aromatic rings. The number of benzene rings is 1. The highest BCUT2D eigenvalue weighted by Gasteiger charge is 2.19. The molecule has 0 saturated carbocycles. The fourth-order valence-corrected chi connectivity index (χ4v) is 3.36. The van der Waals surface area contributed by atoms with E-state index < -0.39 is 0 Å². The van der Waals surface area contributed by atoms with Crippen molar-refractivity contribution in [3.05, 3.63) is 27.7 Å². The van der Waals surface area contributed by atoms with Gasteiger partial charge in [0, 0.05) is 29.7 Å². The van der Waals surface area contributed by atoms with E-state index in [0.29, 0.717) is 22.6 Å². The smallest absolute Gasteiger partial charge is 0.138 e. The number of unbranched alkanes of at least 4 members (excludes halogenated alkanes) is 1. The molecular weight excluding hydrogens is 307 g/mol. The van der Waals surface area contributed by atoms with Crippen LogP contribution >= 0.6 is 23.2 Å². The topological polar surface area (TPSA) is 35.5 Å². The third kappa shape index (κ3) is 5.03. The van der Waals surface area contributed by atoms with E-state index in [0.717, 1.165) is 38.0 Å². The van der Waals surface area contributed by atoms with Crippen molar-refractivity contribution in [1.82, 2.24) is 10.2 Å². The molecule has 1 saturated heterocycles. The van der Waals surface area contributed by atoms with Gasteiger partial charge in [-0.3, -0.25) is 4.90 Å². The Bertz CT molecular complexity index is 462. The number of hydrogen-bond acceptors (Lipinski definition) is 3. The van der Waals surface area contributed by atoms with Crippen molar-refractivity contribution in [3.8, 4) is 5.75 Å². The summed E-state index contributed by atoms with van der Waals surface area (Å²) in [6, 6.07) is 3.94. The Morgan fingerprint density at radius 2 is 2.19 bits per heavy atom. The van der Waals surface area contributed by atoms with Crippen molar-refractivity contribution >= 4 is 23.2 Å². The molecule has 2 N–H and O–H groups in total. The van der Waals surface area contributed by atoms with Gasteiger partial charge in [0.1, 0.15) is 5.75 Å². The number of phenols is 1. The summed E-state index contributed by atoms with van der Waals surface area (Å²) >= 11 is 12.1. The Labute approximate surface area is 137 Å². The Morgan fingerprint density at radius 3 is 2.86 bits per heavy atom. The number of halogens is 2. The van der Waals surface area contributed by atoms with Crippen LogP contribution in [0.3, 0.4) is 0 Å². The second-order valence-electron chi connectivity index (χ2n) is 5.78. The van der Waals surface area contributed by atoms with Crippen LogP contribution in [-0.4, -0.2) is 35.7 Å². The fraction of sp³-hybridized carbons (Fsp3) is 0.625. The van der Waals surface area contributed by atoms with Crippen molar-refractivity contribution in [1.29, 1.82) is 0 Å². The Hall–Kier alpha value is -0.480. The molecule has 2 rings (SSSR count). The molecule has 0 amide bonds. The molecule has 1 atom stereocenters. The molecule has 0 bridgehead atoms. The van der Waals surface area contributed by atoms with E-state index in [1.165, 1.54) is 12.8 Å². The molecule has 1 fully saturated rings. The Kier molecular flexibility index (Phi) is 6.62. The summed E-state index contributed by atoms with van der Waals surface area (Å²) in [6.45, 7) is 6.02. The highest BCUT2D eigenvalue weighted by Crippen LogP contribution is 2.32. The van der Waals surface area contributed by atoms with Gasteiger partial charge in [-0.2, -0.15) is 0 Å². The molecule has 0 aromatic heterocycles. The summed E-state index contributed by atoms with van der Waals surface area (Å²) in [5.41, 5.74) is 0.807. The number of nitrogens with one attached hydrogen (secondary N) is 1. The highest BCUT2D eigenvalue weighted by atomic mass is 35.5. The fourth-order valence-electron chi connectivity index (χ4n) is 2.82. The van der Waals surface area contributed by atoms with Crippen LogP contribution < -0.4 is 5.32 Å². The second kappa shape index (κ2) is 8.23. The van der Waals surface area contributed by atoms with E-state index in [-0.39, 0.29) is 5.75 Å². The first kappa shape index (κ1) is 16.9.